The van der Waals surface area contributed by atoms with E-state index in [1.54, 1.807) is 0 Å². The molecule has 0 saturated carbocycles. The Morgan fingerprint density at radius 2 is 0.529 bits per heavy atom. The minimum Gasteiger partial charge on any atom is -0.379 e. The molecule has 4 fully saturated rings. The van der Waals surface area contributed by atoms with Gasteiger partial charge in [-0.3, -0.25) is 0 Å². The first-order chi connectivity index (χ1) is 25.3. The van der Waals surface area contributed by atoms with Crippen molar-refractivity contribution in [2.45, 2.75) is 141 Å². The monoisotopic (exact) mass is 750 g/mol. The summed E-state index contributed by atoms with van der Waals surface area (Å²) in [5.74, 6) is 0. The zero-order valence-corrected chi connectivity index (χ0v) is 33.3. The largest absolute Gasteiger partial charge is 0.679 e. The smallest absolute Gasteiger partial charge is 0.379 e. The minimum atomic E-state index is -3.30. The fourth-order valence-electron chi connectivity index (χ4n) is 5.19. The van der Waals surface area contributed by atoms with Gasteiger partial charge in [0, 0.05) is 52.9 Å². The van der Waals surface area contributed by atoms with Gasteiger partial charge in [0.25, 0.3) is 0 Å². The number of unbranched alkanes of at least 4 members (excludes halogenated alkanes) is 12. The van der Waals surface area contributed by atoms with Crippen molar-refractivity contribution < 1.29 is 55.6 Å². The number of hydrogen-bond donors (Lipinski definition) is 0. The van der Waals surface area contributed by atoms with Crippen LogP contribution in [0.1, 0.15) is 117 Å². The van der Waals surface area contributed by atoms with Crippen LogP contribution < -0.4 is 0 Å². The number of ether oxygens (including phenoxy) is 8. The zero-order valence-electron chi connectivity index (χ0n) is 32.3. The first-order valence-electron chi connectivity index (χ1n) is 20.6. The second-order valence-electron chi connectivity index (χ2n) is 13.7. The van der Waals surface area contributed by atoms with Gasteiger partial charge >= 0.3 is 9.05 Å². The van der Waals surface area contributed by atoms with Crippen molar-refractivity contribution >= 4 is 9.05 Å². The Kier molecular flexibility index (Phi) is 27.4. The molecule has 4 aliphatic heterocycles. The third-order valence-corrected chi connectivity index (χ3v) is 10.9. The summed E-state index contributed by atoms with van der Waals surface area (Å²) in [5.41, 5.74) is 0. The Balaban J connectivity index is 0.00000345. The second-order valence-corrected chi connectivity index (χ2v) is 15.8. The van der Waals surface area contributed by atoms with Gasteiger partial charge in [-0.05, 0) is 51.4 Å². The van der Waals surface area contributed by atoms with Crippen LogP contribution in [0.2, 0.25) is 0 Å². The minimum absolute atomic E-state index is 0.330. The molecule has 4 saturated heterocycles. The van der Waals surface area contributed by atoms with Crippen molar-refractivity contribution in [1.29, 1.82) is 0 Å². The summed E-state index contributed by atoms with van der Waals surface area (Å²) in [6, 6.07) is 0. The lowest BCUT2D eigenvalue weighted by molar-refractivity contribution is -0.0377. The number of hydrogen-bond acceptors (Lipinski definition) is 12. The summed E-state index contributed by atoms with van der Waals surface area (Å²) in [6.07, 6.45) is 18.0. The predicted molar refractivity (Wildman–Crippen MR) is 197 cm³/mol. The van der Waals surface area contributed by atoms with E-state index in [1.807, 2.05) is 13.8 Å². The summed E-state index contributed by atoms with van der Waals surface area (Å²) < 4.78 is 69.5. The van der Waals surface area contributed by atoms with Gasteiger partial charge in [-0.2, -0.15) is 0 Å². The van der Waals surface area contributed by atoms with Crippen LogP contribution in [0, 0.1) is 0 Å². The summed E-state index contributed by atoms with van der Waals surface area (Å²) in [6.45, 7) is 15.7. The molecule has 4 unspecified atom stereocenters. The molecule has 0 spiro atoms. The van der Waals surface area contributed by atoms with E-state index in [1.165, 1.54) is 0 Å². The molecular weight excluding hydrogens is 676 g/mol. The zero-order chi connectivity index (χ0) is 35.9. The van der Waals surface area contributed by atoms with Crippen molar-refractivity contribution in [2.75, 3.05) is 106 Å². The lowest BCUT2D eigenvalue weighted by Crippen LogP contribution is -2.50. The van der Waals surface area contributed by atoms with E-state index in [9.17, 15) is 0 Å². The van der Waals surface area contributed by atoms with Gasteiger partial charge in [-0.15, -0.1) is 0 Å². The van der Waals surface area contributed by atoms with Crippen LogP contribution in [0.4, 0.5) is 0 Å². The van der Waals surface area contributed by atoms with Crippen molar-refractivity contribution in [1.82, 2.24) is 0 Å². The van der Waals surface area contributed by atoms with Crippen LogP contribution in [0.5, 0.6) is 0 Å². The van der Waals surface area contributed by atoms with Crippen molar-refractivity contribution in [3.05, 3.63) is 0 Å². The maximum Gasteiger partial charge on any atom is 0.679 e. The Labute approximate surface area is 310 Å². The Morgan fingerprint density at radius 1 is 0.333 bits per heavy atom. The highest BCUT2D eigenvalue weighted by atomic mass is 28.4. The maximum absolute atomic E-state index is 6.49. The molecule has 12 nitrogen and oxygen atoms in total. The SMILES string of the molecule is C(CCCO[Si](OCCCCCCOCC1CO1)(OCCCCCCOCC1CO1)OCCCCCCOCC1CO1)CCOCC1CO1.CC. The van der Waals surface area contributed by atoms with Gasteiger partial charge in [0.2, 0.25) is 0 Å². The fourth-order valence-corrected chi connectivity index (χ4v) is 7.27. The third kappa shape index (κ3) is 27.9. The average Bonchev–Trinajstić information content (AvgIpc) is 3.92. The summed E-state index contributed by atoms with van der Waals surface area (Å²) in [7, 11) is -3.30. The van der Waals surface area contributed by atoms with E-state index in [0.717, 1.165) is 182 Å². The van der Waals surface area contributed by atoms with Crippen LogP contribution in [0.15, 0.2) is 0 Å². The first kappa shape index (κ1) is 45.1. The highest BCUT2D eigenvalue weighted by molar-refractivity contribution is 6.53. The van der Waals surface area contributed by atoms with Gasteiger partial charge in [-0.25, -0.2) is 0 Å². The van der Waals surface area contributed by atoms with Crippen LogP contribution in [0.25, 0.3) is 0 Å². The van der Waals surface area contributed by atoms with Gasteiger partial charge in [-0.1, -0.05) is 65.2 Å². The number of epoxide rings is 4. The predicted octanol–water partition coefficient (Wildman–Crippen LogP) is 6.42. The molecule has 0 amide bonds. The van der Waals surface area contributed by atoms with Gasteiger partial charge in [0.1, 0.15) is 24.4 Å². The van der Waals surface area contributed by atoms with E-state index in [4.69, 9.17) is 55.6 Å². The van der Waals surface area contributed by atoms with E-state index in [-0.39, 0.29) is 0 Å². The van der Waals surface area contributed by atoms with Crippen molar-refractivity contribution in [2.24, 2.45) is 0 Å². The summed E-state index contributed by atoms with van der Waals surface area (Å²) in [5, 5.41) is 0. The van der Waals surface area contributed by atoms with Gasteiger partial charge < -0.3 is 55.6 Å². The van der Waals surface area contributed by atoms with Crippen LogP contribution in [-0.4, -0.2) is 139 Å². The van der Waals surface area contributed by atoms with Crippen LogP contribution in [0.3, 0.4) is 0 Å². The third-order valence-electron chi connectivity index (χ3n) is 8.67. The summed E-state index contributed by atoms with van der Waals surface area (Å²) >= 11 is 0. The maximum atomic E-state index is 6.49. The number of rotatable bonds is 40. The quantitative estimate of drug-likeness (QED) is 0.0390. The molecule has 4 rings (SSSR count). The molecule has 0 aromatic rings. The molecule has 0 N–H and O–H groups in total. The molecule has 0 radical (unpaired) electrons. The van der Waals surface area contributed by atoms with Gasteiger partial charge in [0.15, 0.2) is 0 Å². The molecule has 0 aromatic carbocycles. The van der Waals surface area contributed by atoms with E-state index >= 15 is 0 Å². The standard InChI is InChI=1S/C36H68O12Si.C2H6/c1(9-17-37-25-33-29-41-33)5-13-21-45-49(46-22-14-6-2-10-18-38-26-34-30-42-34,47-23-15-7-3-11-19-39-27-35-31-43-35)48-24-16-8-4-12-20-40-28-36-32-44-36;1-2/h33-36H,1-32H2;1-2H3. The Morgan fingerprint density at radius 3 is 0.725 bits per heavy atom. The molecule has 0 aliphatic carbocycles. The van der Waals surface area contributed by atoms with Gasteiger partial charge in [0.05, 0.1) is 52.9 Å². The lowest BCUT2D eigenvalue weighted by atomic mass is 10.2. The van der Waals surface area contributed by atoms with Crippen LogP contribution >= 0.6 is 0 Å². The molecule has 0 aromatic heterocycles. The first-order valence-corrected chi connectivity index (χ1v) is 22.3. The molecule has 13 heteroatoms. The van der Waals surface area contributed by atoms with E-state index in [0.29, 0.717) is 50.8 Å². The average molecular weight is 751 g/mol. The fraction of sp³-hybridized carbons (Fsp3) is 1.00. The Hall–Kier alpha value is -0.263. The Bertz CT molecular complexity index is 642. The van der Waals surface area contributed by atoms with Crippen LogP contribution in [-0.2, 0) is 55.6 Å². The molecule has 4 aliphatic rings. The molecular formula is C38H74O12Si. The lowest BCUT2D eigenvalue weighted by Gasteiger charge is -2.28. The molecule has 4 heterocycles. The van der Waals surface area contributed by atoms with E-state index < -0.39 is 9.05 Å². The normalized spacial score (nSPS) is 22.7. The van der Waals surface area contributed by atoms with Crippen molar-refractivity contribution in [3.8, 4) is 0 Å². The van der Waals surface area contributed by atoms with Crippen molar-refractivity contribution in [3.63, 3.8) is 0 Å². The molecule has 4 atom stereocenters. The highest BCUT2D eigenvalue weighted by Crippen LogP contribution is 2.19. The molecule has 302 valence electrons. The topological polar surface area (TPSA) is 124 Å². The summed E-state index contributed by atoms with van der Waals surface area (Å²) in [4.78, 5) is 0. The molecule has 51 heavy (non-hydrogen) atoms. The highest BCUT2D eigenvalue weighted by Gasteiger charge is 2.45. The van der Waals surface area contributed by atoms with E-state index in [2.05, 4.69) is 0 Å². The molecule has 0 bridgehead atoms. The second kappa shape index (κ2) is 31.0.